The molecule has 21 saturated heterocycles. The molecule has 40 nitrogen and oxygen atoms in total. The normalized spacial score (nSPS) is 43.9. The average molecular weight is 1510 g/mol. The summed E-state index contributed by atoms with van der Waals surface area (Å²) in [6, 6.07) is 14.0. The van der Waals surface area contributed by atoms with Crippen molar-refractivity contribution in [2.75, 3.05) is 46.2 Å². The van der Waals surface area contributed by atoms with Gasteiger partial charge in [-0.15, -0.1) is 0 Å². The molecule has 35 atom stereocenters. The Morgan fingerprint density at radius 1 is 0.419 bits per heavy atom. The van der Waals surface area contributed by atoms with E-state index in [1.54, 1.807) is 12.1 Å². The molecule has 0 amide bonds. The van der Waals surface area contributed by atoms with Crippen LogP contribution in [0.4, 0.5) is 5.69 Å². The van der Waals surface area contributed by atoms with E-state index in [1.165, 1.54) is 18.2 Å². The Kier molecular flexibility index (Phi) is 27.5. The highest BCUT2D eigenvalue weighted by Gasteiger charge is 2.60. The van der Waals surface area contributed by atoms with Gasteiger partial charge < -0.3 is 178 Å². The zero-order chi connectivity index (χ0) is 75.4. The van der Waals surface area contributed by atoms with Gasteiger partial charge in [0, 0.05) is 36.8 Å². The van der Waals surface area contributed by atoms with Crippen LogP contribution in [-0.4, -0.2) is 375 Å². The lowest BCUT2D eigenvalue weighted by atomic mass is 9.95. The molecule has 0 aliphatic carbocycles. The second-order valence-corrected chi connectivity index (χ2v) is 26.4. The molecular formula is C65H91N3O37+2. The van der Waals surface area contributed by atoms with Gasteiger partial charge in [0.25, 0.3) is 0 Å². The molecule has 21 aliphatic rings. The number of aromatic nitrogens is 2. The van der Waals surface area contributed by atoms with Crippen molar-refractivity contribution in [1.82, 2.24) is 0 Å². The number of ether oxygens (including phenoxy) is 15. The fraction of sp³-hybridized carbons (Fsp3) is 0.692. The van der Waals surface area contributed by atoms with Gasteiger partial charge in [0.2, 0.25) is 0 Å². The maximum Gasteiger partial charge on any atom is 0.330 e. The van der Waals surface area contributed by atoms with Gasteiger partial charge in [0.1, 0.15) is 178 Å². The van der Waals surface area contributed by atoms with E-state index < -0.39 is 273 Å². The molecule has 21 aliphatic heterocycles. The Morgan fingerprint density at radius 3 is 1.02 bits per heavy atom. The summed E-state index contributed by atoms with van der Waals surface area (Å²) in [6.07, 6.45) is -62.3. The van der Waals surface area contributed by atoms with Gasteiger partial charge in [-0.2, -0.15) is 0 Å². The number of rotatable bonds is 15. The SMILES string of the molecule is C[n+]1ccc(-c2cc[n+](CCC([O-])=Nc3ccc(C=CC(=O)OC[C@H]4O[C@@H]5O[C@H]6[C@H](O)[C@@H](O)[C@@H](O[C@H]7[C@H](O)[C@@H](O)[C@@H](O[C@H]8[C@H](O)[C@@H](O)[C@@H](O[C@H]9[C@H](O)[C@@H](O)[C@@H](O[C@H]%10[C@H](O)[C@@H](O)[C@@H](O[C@H]%11[C@H](O)[C@@H](O)[C@@H](O[C@H]4[C@H](O)[C@H]5O)O[C@@H]%11CO)O[C@@H]%10CO)O[C@@H]9C[OH2+])O[C@@H]8CO)O[C@@H]7CO)O[C@@H]6CO)cc3)cc2)cc1. The number of benzene rings is 1. The number of esters is 1. The molecule has 0 unspecified atom stereocenters. The molecule has 0 saturated carbocycles. The van der Waals surface area contributed by atoms with Crippen LogP contribution in [0.15, 0.2) is 84.4 Å². The van der Waals surface area contributed by atoms with Crippen LogP contribution in [0.5, 0.6) is 0 Å². The van der Waals surface area contributed by atoms with Gasteiger partial charge in [-0.25, -0.2) is 13.9 Å². The first kappa shape index (κ1) is 80.8. The zero-order valence-electron chi connectivity index (χ0n) is 55.9. The number of carbonyl (C=O) groups is 1. The molecule has 24 rings (SSSR count). The molecule has 40 heteroatoms. The maximum atomic E-state index is 13.5. The van der Waals surface area contributed by atoms with Gasteiger partial charge in [0.05, 0.1) is 38.7 Å². The standard InChI is InChI=1S/C65H90N3O37/c1-67-13-8-26(9-14-67)27-10-15-68(16-11-27)17-12-36(75)66-28-5-2-25(3-6-28)4-7-37(76)91-24-35-58-44(83)51(90)65(98-35)104-57-34(23-74)96-63(49(88)42(57)81)102-55-32(21-72)94-61(47(86)40(55)79)100-53-30(19-70)92-59(45(84)38(53)77)99-52-29(18-69)93-60(46(85)39(52)78)101-54-31(20-71)95-62(48(87)41(54)80)103-56-33(22-73)97-64(105-58)50(89)43(56)82/h2-11,13-16,29-35,38-65,69-74,77-90H,12,17-24H2,1H3/q+1/p+1/t29-,30-,31-,32-,33-,34-,35-,38-,39-,40-,41-,42-,43-,44-,45-,46-,47-,48-,49-,50-,51-,52-,53-,54-,55-,56-,57-,58-,59-,60-,61-,62-,63-,64-,65-/m1/s1. The fourth-order valence-electron chi connectivity index (χ4n) is 13.4. The summed E-state index contributed by atoms with van der Waals surface area (Å²) in [5, 5.41) is 236. The Morgan fingerprint density at radius 2 is 0.705 bits per heavy atom. The van der Waals surface area contributed by atoms with Crippen molar-refractivity contribution < 1.29 is 192 Å². The molecule has 0 spiro atoms. The lowest BCUT2D eigenvalue weighted by Crippen LogP contribution is -2.68. The Bertz CT molecular complexity index is 3280. The molecule has 3 aromatic rings. The number of aliphatic hydroxyl groups excluding tert-OH is 19. The van der Waals surface area contributed by atoms with Crippen molar-refractivity contribution in [3.63, 3.8) is 0 Å². The van der Waals surface area contributed by atoms with Crippen molar-refractivity contribution in [3.05, 3.63) is 85.0 Å². The Balaban J connectivity index is 0.827. The summed E-state index contributed by atoms with van der Waals surface area (Å²) < 4.78 is 90.8. The van der Waals surface area contributed by atoms with Crippen molar-refractivity contribution in [2.45, 2.75) is 228 Å². The first-order valence-corrected chi connectivity index (χ1v) is 33.8. The van der Waals surface area contributed by atoms with Crippen LogP contribution >= 0.6 is 0 Å². The summed E-state index contributed by atoms with van der Waals surface area (Å²) in [6.45, 7) is -6.85. The maximum absolute atomic E-state index is 13.5. The van der Waals surface area contributed by atoms with Crippen molar-refractivity contribution in [1.29, 1.82) is 0 Å². The van der Waals surface area contributed by atoms with E-state index in [4.69, 9.17) is 76.2 Å². The molecule has 21 N–H and O–H groups in total. The number of hydrogen-bond donors (Lipinski definition) is 19. The predicted molar refractivity (Wildman–Crippen MR) is 334 cm³/mol. The second-order valence-electron chi connectivity index (χ2n) is 26.4. The van der Waals surface area contributed by atoms with E-state index in [0.717, 1.165) is 17.2 Å². The van der Waals surface area contributed by atoms with Crippen LogP contribution < -0.4 is 14.2 Å². The minimum Gasteiger partial charge on any atom is -0.862 e. The molecule has 105 heavy (non-hydrogen) atoms. The quantitative estimate of drug-likeness (QED) is 0.0168. The third-order valence-electron chi connectivity index (χ3n) is 19.4. The van der Waals surface area contributed by atoms with E-state index in [1.807, 2.05) is 65.2 Å². The molecule has 1 aromatic carbocycles. The van der Waals surface area contributed by atoms with Crippen LogP contribution in [0.3, 0.4) is 0 Å². The minimum atomic E-state index is -2.33. The third-order valence-corrected chi connectivity index (χ3v) is 19.4. The molecular weight excluding hydrogens is 1410 g/mol. The van der Waals surface area contributed by atoms with Crippen LogP contribution in [0, 0.1) is 0 Å². The van der Waals surface area contributed by atoms with E-state index in [2.05, 4.69) is 4.99 Å². The van der Waals surface area contributed by atoms with Crippen LogP contribution in [0.2, 0.25) is 0 Å². The largest absolute Gasteiger partial charge is 0.862 e. The van der Waals surface area contributed by atoms with E-state index >= 15 is 0 Å². The highest BCUT2D eigenvalue weighted by Crippen LogP contribution is 2.39. The van der Waals surface area contributed by atoms with E-state index in [-0.39, 0.29) is 6.42 Å². The fourth-order valence-corrected chi connectivity index (χ4v) is 13.4. The summed E-state index contributed by atoms with van der Waals surface area (Å²) in [7, 11) is 1.92. The van der Waals surface area contributed by atoms with Crippen molar-refractivity contribution >= 4 is 23.6 Å². The zero-order valence-corrected chi connectivity index (χ0v) is 55.9. The summed E-state index contributed by atoms with van der Waals surface area (Å²) in [5.41, 5.74) is 2.75. The molecule has 21 fully saturated rings. The van der Waals surface area contributed by atoms with E-state index in [0.29, 0.717) is 17.8 Å². The van der Waals surface area contributed by atoms with Gasteiger partial charge in [-0.3, -0.25) is 4.99 Å². The van der Waals surface area contributed by atoms with Gasteiger partial charge in [-0.1, -0.05) is 12.1 Å². The first-order valence-electron chi connectivity index (χ1n) is 33.8. The summed E-state index contributed by atoms with van der Waals surface area (Å²) in [4.78, 5) is 17.7. The number of carbonyl (C=O) groups excluding carboxylic acids is 1. The topological polar surface area (TPSA) is 606 Å². The van der Waals surface area contributed by atoms with Crippen LogP contribution in [-0.2, 0) is 89.4 Å². The smallest absolute Gasteiger partial charge is 0.330 e. The molecule has 14 bridgehead atoms. The number of nitrogens with zero attached hydrogens (tertiary/aromatic N) is 3. The predicted octanol–water partition coefficient (Wildman–Crippen LogP) is -13.0. The number of pyridine rings is 2. The Hall–Kier alpha value is -5.16. The number of aryl methyl sites for hydroxylation is 2. The Labute approximate surface area is 596 Å². The molecule has 586 valence electrons. The molecule has 2 aromatic heterocycles. The number of aliphatic hydroxyl groups is 19. The van der Waals surface area contributed by atoms with Crippen molar-refractivity contribution in [2.24, 2.45) is 12.0 Å². The van der Waals surface area contributed by atoms with Gasteiger partial charge >= 0.3 is 5.97 Å². The third kappa shape index (κ3) is 17.9. The lowest BCUT2D eigenvalue weighted by Gasteiger charge is -2.50. The summed E-state index contributed by atoms with van der Waals surface area (Å²) in [5.74, 6) is -1.49. The number of aliphatic imine (C=N–C) groups is 1. The highest BCUT2D eigenvalue weighted by molar-refractivity contribution is 5.87. The minimum absolute atomic E-state index is 0.0808. The monoisotopic (exact) mass is 1510 g/mol. The van der Waals surface area contributed by atoms with Crippen molar-refractivity contribution in [3.8, 4) is 11.1 Å². The van der Waals surface area contributed by atoms with E-state index in [9.17, 15) is 107 Å². The van der Waals surface area contributed by atoms with Crippen LogP contribution in [0.25, 0.3) is 17.2 Å². The second kappa shape index (κ2) is 35.7. The van der Waals surface area contributed by atoms with Gasteiger partial charge in [-0.05, 0) is 40.8 Å². The number of hydrogen-bond acceptors (Lipinski definition) is 37. The molecule has 0 radical (unpaired) electrons. The first-order chi connectivity index (χ1) is 50.3. The summed E-state index contributed by atoms with van der Waals surface area (Å²) >= 11 is 0. The average Bonchev–Trinajstić information content (AvgIpc) is 0.791. The lowest BCUT2D eigenvalue weighted by molar-refractivity contribution is -0.696. The van der Waals surface area contributed by atoms with Gasteiger partial charge in [0.15, 0.2) is 88.1 Å². The molecule has 23 heterocycles. The highest BCUT2D eigenvalue weighted by atomic mass is 16.8. The van der Waals surface area contributed by atoms with Crippen LogP contribution in [0.1, 0.15) is 12.0 Å².